The Morgan fingerprint density at radius 2 is 1.33 bits per heavy atom. The van der Waals surface area contributed by atoms with Gasteiger partial charge in [-0.25, -0.2) is 0 Å². The van der Waals surface area contributed by atoms with E-state index in [0.717, 1.165) is 12.8 Å². The fraction of sp³-hybridized carbons (Fsp3) is 1.00. The monoisotopic (exact) mass is 202 g/mol. The molecular formula is C5H10Cl2NTi. The predicted molar refractivity (Wildman–Crippen MR) is 26.6 cm³/mol. The van der Waals surface area contributed by atoms with Gasteiger partial charge in [0.2, 0.25) is 0 Å². The SMILES string of the molecule is [Cl-].[Cl-].[NH-]C1CCCC1.[Ti+3]. The molecule has 0 aromatic heterocycles. The van der Waals surface area contributed by atoms with Gasteiger partial charge in [0.15, 0.2) is 0 Å². The second kappa shape index (κ2) is 9.25. The zero-order valence-corrected chi connectivity index (χ0v) is 8.24. The van der Waals surface area contributed by atoms with Crippen LogP contribution in [0.1, 0.15) is 25.7 Å². The van der Waals surface area contributed by atoms with Crippen LogP contribution in [0.15, 0.2) is 0 Å². The first-order valence-electron chi connectivity index (χ1n) is 2.61. The quantitative estimate of drug-likeness (QED) is 0.358. The van der Waals surface area contributed by atoms with E-state index in [9.17, 15) is 0 Å². The topological polar surface area (TPSA) is 23.8 Å². The molecule has 0 bridgehead atoms. The Morgan fingerprint density at radius 3 is 1.44 bits per heavy atom. The molecule has 0 aromatic carbocycles. The van der Waals surface area contributed by atoms with Crippen molar-refractivity contribution >= 4 is 0 Å². The molecule has 0 amide bonds. The smallest absolute Gasteiger partial charge is 1.00 e. The van der Waals surface area contributed by atoms with Crippen LogP contribution in [0.3, 0.4) is 0 Å². The van der Waals surface area contributed by atoms with Gasteiger partial charge in [-0.3, -0.25) is 0 Å². The maximum absolute atomic E-state index is 7.13. The van der Waals surface area contributed by atoms with Crippen LogP contribution >= 0.6 is 0 Å². The van der Waals surface area contributed by atoms with E-state index in [0.29, 0.717) is 6.04 Å². The molecule has 53 valence electrons. The molecule has 1 radical (unpaired) electrons. The van der Waals surface area contributed by atoms with Gasteiger partial charge in [0.1, 0.15) is 0 Å². The van der Waals surface area contributed by atoms with Crippen molar-refractivity contribution in [2.75, 3.05) is 0 Å². The first-order valence-corrected chi connectivity index (χ1v) is 2.61. The van der Waals surface area contributed by atoms with E-state index >= 15 is 0 Å². The van der Waals surface area contributed by atoms with Crippen molar-refractivity contribution in [3.8, 4) is 0 Å². The van der Waals surface area contributed by atoms with E-state index in [1.807, 2.05) is 0 Å². The van der Waals surface area contributed by atoms with Crippen LogP contribution in [0.2, 0.25) is 0 Å². The van der Waals surface area contributed by atoms with Gasteiger partial charge in [-0.15, -0.1) is 6.04 Å². The largest absolute Gasteiger partial charge is 3.00 e. The second-order valence-corrected chi connectivity index (χ2v) is 1.98. The third-order valence-corrected chi connectivity index (χ3v) is 1.36. The molecule has 0 heterocycles. The van der Waals surface area contributed by atoms with E-state index < -0.39 is 0 Å². The Kier molecular flexibility index (Phi) is 17.2. The fourth-order valence-corrected chi connectivity index (χ4v) is 0.926. The van der Waals surface area contributed by atoms with Crippen molar-refractivity contribution in [2.24, 2.45) is 0 Å². The van der Waals surface area contributed by atoms with Crippen molar-refractivity contribution < 1.29 is 46.5 Å². The summed E-state index contributed by atoms with van der Waals surface area (Å²) in [6, 6.07) is 0.296. The second-order valence-electron chi connectivity index (χ2n) is 1.98. The average molecular weight is 203 g/mol. The minimum atomic E-state index is 0. The van der Waals surface area contributed by atoms with Gasteiger partial charge >= 0.3 is 21.7 Å². The Hall–Kier alpha value is 1.25. The van der Waals surface area contributed by atoms with Crippen molar-refractivity contribution in [1.82, 2.24) is 0 Å². The van der Waals surface area contributed by atoms with E-state index in [2.05, 4.69) is 0 Å². The number of halogens is 2. The standard InChI is InChI=1S/C5H10N.2ClH.Ti/c6-5-3-1-2-4-5;;;/h5-6H,1-4H2;2*1H;/q-1;;;+3/p-2. The predicted octanol–water partition coefficient (Wildman–Crippen LogP) is -4.01. The van der Waals surface area contributed by atoms with Crippen LogP contribution in [-0.2, 0) is 21.7 Å². The van der Waals surface area contributed by atoms with Crippen molar-refractivity contribution in [2.45, 2.75) is 31.7 Å². The summed E-state index contributed by atoms with van der Waals surface area (Å²) in [5.41, 5.74) is 7.13. The summed E-state index contributed by atoms with van der Waals surface area (Å²) in [6.45, 7) is 0. The molecule has 0 spiro atoms. The Balaban J connectivity index is -0.000000120. The molecule has 1 nitrogen and oxygen atoms in total. The molecule has 1 saturated carbocycles. The molecule has 1 fully saturated rings. The van der Waals surface area contributed by atoms with Gasteiger partial charge < -0.3 is 30.5 Å². The van der Waals surface area contributed by atoms with E-state index in [4.69, 9.17) is 5.73 Å². The van der Waals surface area contributed by atoms with Crippen molar-refractivity contribution in [3.63, 3.8) is 0 Å². The molecule has 9 heavy (non-hydrogen) atoms. The molecule has 1 aliphatic carbocycles. The number of nitrogens with one attached hydrogen (secondary N) is 1. The van der Waals surface area contributed by atoms with Crippen molar-refractivity contribution in [3.05, 3.63) is 5.73 Å². The molecule has 0 saturated heterocycles. The molecule has 4 heteroatoms. The molecule has 0 aromatic rings. The zero-order chi connectivity index (χ0) is 4.41. The average Bonchev–Trinajstić information content (AvgIpc) is 1.86. The van der Waals surface area contributed by atoms with Gasteiger partial charge in [0.05, 0.1) is 0 Å². The first kappa shape index (κ1) is 16.7. The number of rotatable bonds is 0. The number of hydrogen-bond acceptors (Lipinski definition) is 0. The molecule has 0 unspecified atom stereocenters. The first-order chi connectivity index (χ1) is 2.89. The maximum atomic E-state index is 7.13. The summed E-state index contributed by atoms with van der Waals surface area (Å²) in [4.78, 5) is 0. The molecule has 0 aliphatic heterocycles. The maximum Gasteiger partial charge on any atom is 3.00 e. The van der Waals surface area contributed by atoms with Crippen LogP contribution < -0.4 is 24.8 Å². The molecule has 1 N–H and O–H groups in total. The summed E-state index contributed by atoms with van der Waals surface area (Å²) in [5, 5.41) is 0. The van der Waals surface area contributed by atoms with E-state index in [1.54, 1.807) is 0 Å². The summed E-state index contributed by atoms with van der Waals surface area (Å²) in [6.07, 6.45) is 4.91. The minimum Gasteiger partial charge on any atom is -1.00 e. The molecular weight excluding hydrogens is 193 g/mol. The molecule has 0 atom stereocenters. The van der Waals surface area contributed by atoms with Crippen LogP contribution in [-0.4, -0.2) is 6.04 Å². The van der Waals surface area contributed by atoms with Crippen LogP contribution in [0, 0.1) is 0 Å². The molecule has 1 rings (SSSR count). The Bertz CT molecular complexity index is 48.2. The van der Waals surface area contributed by atoms with Crippen molar-refractivity contribution in [1.29, 1.82) is 0 Å². The minimum absolute atomic E-state index is 0. The summed E-state index contributed by atoms with van der Waals surface area (Å²) < 4.78 is 0. The number of hydrogen-bond donors (Lipinski definition) is 0. The third kappa shape index (κ3) is 7.15. The van der Waals surface area contributed by atoms with Crippen LogP contribution in [0.5, 0.6) is 0 Å². The van der Waals surface area contributed by atoms with E-state index in [1.165, 1.54) is 12.8 Å². The summed E-state index contributed by atoms with van der Waals surface area (Å²) in [5.74, 6) is 0. The Labute approximate surface area is 83.8 Å². The van der Waals surface area contributed by atoms with Gasteiger partial charge in [0.25, 0.3) is 0 Å². The van der Waals surface area contributed by atoms with Crippen LogP contribution in [0.25, 0.3) is 5.73 Å². The van der Waals surface area contributed by atoms with Gasteiger partial charge in [-0.1, -0.05) is 25.7 Å². The zero-order valence-electron chi connectivity index (χ0n) is 5.16. The van der Waals surface area contributed by atoms with Gasteiger partial charge in [0, 0.05) is 0 Å². The van der Waals surface area contributed by atoms with Crippen LogP contribution in [0.4, 0.5) is 0 Å². The summed E-state index contributed by atoms with van der Waals surface area (Å²) >= 11 is 0. The third-order valence-electron chi connectivity index (χ3n) is 1.36. The van der Waals surface area contributed by atoms with Gasteiger partial charge in [-0.05, 0) is 0 Å². The molecule has 1 aliphatic rings. The summed E-state index contributed by atoms with van der Waals surface area (Å²) in [7, 11) is 0. The van der Waals surface area contributed by atoms with E-state index in [-0.39, 0.29) is 46.5 Å². The fourth-order valence-electron chi connectivity index (χ4n) is 0.926. The van der Waals surface area contributed by atoms with Gasteiger partial charge in [-0.2, -0.15) is 0 Å². The Morgan fingerprint density at radius 1 is 1.00 bits per heavy atom. The normalized spacial score (nSPS) is 17.0.